The fourth-order valence-electron chi connectivity index (χ4n) is 2.28. The maximum Gasteiger partial charge on any atom is 0.333 e. The minimum Gasteiger partial charge on any atom is -0.466 e. The predicted octanol–water partition coefficient (Wildman–Crippen LogP) is 2.95. The smallest absolute Gasteiger partial charge is 0.333 e. The number of hydrogen-bond donors (Lipinski definition) is 0. The summed E-state index contributed by atoms with van der Waals surface area (Å²) >= 11 is 5.84. The maximum atomic E-state index is 11.8. The second-order valence-electron chi connectivity index (χ2n) is 4.75. The summed E-state index contributed by atoms with van der Waals surface area (Å²) in [5.41, 5.74) is 0.681. The molecule has 1 atom stereocenters. The van der Waals surface area contributed by atoms with Crippen molar-refractivity contribution in [1.82, 2.24) is 0 Å². The van der Waals surface area contributed by atoms with E-state index >= 15 is 0 Å². The summed E-state index contributed by atoms with van der Waals surface area (Å²) in [5, 5.41) is 0.517. The third kappa shape index (κ3) is 4.02. The summed E-state index contributed by atoms with van der Waals surface area (Å²) in [7, 11) is 1.23. The van der Waals surface area contributed by atoms with Gasteiger partial charge in [0.2, 0.25) is 0 Å². The summed E-state index contributed by atoms with van der Waals surface area (Å²) in [4.78, 5) is 35.5. The second kappa shape index (κ2) is 7.18. The van der Waals surface area contributed by atoms with Crippen LogP contribution in [0.1, 0.15) is 25.3 Å². The lowest BCUT2D eigenvalue weighted by atomic mass is 9.77. The van der Waals surface area contributed by atoms with Gasteiger partial charge in [-0.1, -0.05) is 30.3 Å². The molecule has 0 spiro atoms. The number of methoxy groups -OCH3 is 1. The molecule has 0 heterocycles. The molecule has 1 rings (SSSR count). The number of esters is 1. The van der Waals surface area contributed by atoms with Crippen LogP contribution in [0.25, 0.3) is 0 Å². The van der Waals surface area contributed by atoms with Gasteiger partial charge in [0.15, 0.2) is 0 Å². The lowest BCUT2D eigenvalue weighted by Gasteiger charge is -2.24. The summed E-state index contributed by atoms with van der Waals surface area (Å²) < 4.78 is 4.66. The van der Waals surface area contributed by atoms with Gasteiger partial charge in [0.05, 0.1) is 13.0 Å². The highest BCUT2D eigenvalue weighted by Gasteiger charge is 2.35. The van der Waals surface area contributed by atoms with Gasteiger partial charge in [-0.2, -0.15) is 0 Å². The van der Waals surface area contributed by atoms with Crippen molar-refractivity contribution < 1.29 is 19.1 Å². The highest BCUT2D eigenvalue weighted by atomic mass is 35.5. The molecular weight excluding hydrogens is 292 g/mol. The number of hydrogen-bond acceptors (Lipinski definition) is 4. The van der Waals surface area contributed by atoms with E-state index in [0.717, 1.165) is 0 Å². The van der Waals surface area contributed by atoms with Crippen molar-refractivity contribution in [2.24, 2.45) is 5.92 Å². The van der Waals surface area contributed by atoms with Gasteiger partial charge in [0.1, 0.15) is 11.6 Å². The lowest BCUT2D eigenvalue weighted by molar-refractivity contribution is -0.136. The van der Waals surface area contributed by atoms with Crippen LogP contribution < -0.4 is 0 Å². The molecule has 0 aliphatic carbocycles. The predicted molar refractivity (Wildman–Crippen MR) is 80.2 cm³/mol. The monoisotopic (exact) mass is 308 g/mol. The van der Waals surface area contributed by atoms with Crippen LogP contribution in [0, 0.1) is 5.92 Å². The van der Waals surface area contributed by atoms with Crippen molar-refractivity contribution in [1.29, 1.82) is 0 Å². The first-order chi connectivity index (χ1) is 9.79. The van der Waals surface area contributed by atoms with Crippen LogP contribution >= 0.6 is 11.6 Å². The van der Waals surface area contributed by atoms with Gasteiger partial charge in [-0.15, -0.1) is 0 Å². The number of rotatable bonds is 6. The first kappa shape index (κ1) is 17.1. The molecule has 112 valence electrons. The number of carbonyl (C=O) groups is 3. The Morgan fingerprint density at radius 2 is 1.57 bits per heavy atom. The Kier molecular flexibility index (Phi) is 5.85. The quantitative estimate of drug-likeness (QED) is 0.460. The molecule has 1 aromatic rings. The van der Waals surface area contributed by atoms with E-state index < -0.39 is 17.8 Å². The normalized spacial score (nSPS) is 11.9. The minimum atomic E-state index is -0.974. The fraction of sp³-hybridized carbons (Fsp3) is 0.312. The van der Waals surface area contributed by atoms with Gasteiger partial charge in [-0.25, -0.2) is 4.79 Å². The molecule has 5 heteroatoms. The topological polar surface area (TPSA) is 60.4 Å². The molecule has 0 radical (unpaired) electrons. The molecule has 1 unspecified atom stereocenters. The van der Waals surface area contributed by atoms with E-state index in [4.69, 9.17) is 11.6 Å². The molecule has 0 saturated carbocycles. The Balaban J connectivity index is 3.38. The van der Waals surface area contributed by atoms with Gasteiger partial charge >= 0.3 is 5.97 Å². The minimum absolute atomic E-state index is 0.0650. The van der Waals surface area contributed by atoms with Crippen molar-refractivity contribution >= 4 is 29.1 Å². The van der Waals surface area contributed by atoms with Crippen LogP contribution in [0.5, 0.6) is 0 Å². The van der Waals surface area contributed by atoms with Gasteiger partial charge in [-0.05, 0) is 31.5 Å². The number of carbonyl (C=O) groups excluding carboxylic acids is 3. The molecule has 1 aromatic carbocycles. The van der Waals surface area contributed by atoms with Crippen LogP contribution in [-0.2, 0) is 19.1 Å². The third-order valence-electron chi connectivity index (χ3n) is 3.26. The molecule has 0 aliphatic heterocycles. The Morgan fingerprint density at radius 3 is 1.95 bits per heavy atom. The van der Waals surface area contributed by atoms with Crippen LogP contribution in [0.15, 0.2) is 36.4 Å². The molecule has 0 N–H and O–H groups in total. The zero-order valence-electron chi connectivity index (χ0n) is 12.2. The lowest BCUT2D eigenvalue weighted by Crippen LogP contribution is -2.30. The van der Waals surface area contributed by atoms with E-state index in [1.54, 1.807) is 24.3 Å². The van der Waals surface area contributed by atoms with Gasteiger partial charge in [0, 0.05) is 16.5 Å². The molecular formula is C16H17ClO4. The summed E-state index contributed by atoms with van der Waals surface area (Å²) in [5.74, 6) is -3.04. The average Bonchev–Trinajstić information content (AvgIpc) is 2.43. The highest BCUT2D eigenvalue weighted by molar-refractivity contribution is 6.30. The molecule has 21 heavy (non-hydrogen) atoms. The first-order valence-corrected chi connectivity index (χ1v) is 6.70. The van der Waals surface area contributed by atoms with Crippen LogP contribution in [-0.4, -0.2) is 24.6 Å². The van der Waals surface area contributed by atoms with E-state index in [9.17, 15) is 14.4 Å². The molecule has 4 nitrogen and oxygen atoms in total. The van der Waals surface area contributed by atoms with E-state index in [0.29, 0.717) is 10.6 Å². The van der Waals surface area contributed by atoms with E-state index in [1.807, 2.05) is 0 Å². The number of Topliss-reactive ketones (excluding diaryl/α,β-unsaturated/α-hetero) is 2. The Bertz CT molecular complexity index is 560. The van der Waals surface area contributed by atoms with E-state index in [1.165, 1.54) is 21.0 Å². The molecule has 0 saturated heterocycles. The summed E-state index contributed by atoms with van der Waals surface area (Å²) in [6.45, 7) is 6.34. The molecule has 0 fully saturated rings. The first-order valence-electron chi connectivity index (χ1n) is 6.33. The van der Waals surface area contributed by atoms with Crippen molar-refractivity contribution in [3.8, 4) is 0 Å². The third-order valence-corrected chi connectivity index (χ3v) is 3.51. The van der Waals surface area contributed by atoms with Gasteiger partial charge < -0.3 is 4.74 Å². The molecule has 0 aliphatic rings. The van der Waals surface area contributed by atoms with Crippen LogP contribution in [0.4, 0.5) is 0 Å². The van der Waals surface area contributed by atoms with Crippen molar-refractivity contribution in [3.63, 3.8) is 0 Å². The Morgan fingerprint density at radius 1 is 1.10 bits per heavy atom. The maximum absolute atomic E-state index is 11.8. The van der Waals surface area contributed by atoms with Gasteiger partial charge in [0.25, 0.3) is 0 Å². The van der Waals surface area contributed by atoms with E-state index in [-0.39, 0.29) is 17.1 Å². The number of ether oxygens (including phenoxy) is 1. The van der Waals surface area contributed by atoms with Crippen molar-refractivity contribution in [2.45, 2.75) is 19.8 Å². The summed E-state index contributed by atoms with van der Waals surface area (Å²) in [6.07, 6.45) is 0. The van der Waals surface area contributed by atoms with Gasteiger partial charge in [-0.3, -0.25) is 9.59 Å². The van der Waals surface area contributed by atoms with Crippen molar-refractivity contribution in [3.05, 3.63) is 47.0 Å². The zero-order valence-corrected chi connectivity index (χ0v) is 12.9. The van der Waals surface area contributed by atoms with Crippen LogP contribution in [0.2, 0.25) is 5.02 Å². The number of halogens is 1. The van der Waals surface area contributed by atoms with Crippen LogP contribution in [0.3, 0.4) is 0 Å². The standard InChI is InChI=1S/C16H17ClO4/c1-9(16(20)21-4)14(15(10(2)18)11(3)19)12-5-7-13(17)8-6-12/h5-8,14-15H,1H2,2-4H3. The SMILES string of the molecule is C=C(C(=O)OC)C(c1ccc(Cl)cc1)C(C(C)=O)C(C)=O. The van der Waals surface area contributed by atoms with Crippen molar-refractivity contribution in [2.75, 3.05) is 7.11 Å². The van der Waals surface area contributed by atoms with E-state index in [2.05, 4.69) is 11.3 Å². The molecule has 0 amide bonds. The average molecular weight is 309 g/mol. The Hall–Kier alpha value is -1.94. The number of ketones is 2. The largest absolute Gasteiger partial charge is 0.466 e. The molecule has 0 bridgehead atoms. The molecule has 0 aromatic heterocycles. The summed E-state index contributed by atoms with van der Waals surface area (Å²) in [6, 6.07) is 6.59. The fourth-order valence-corrected chi connectivity index (χ4v) is 2.40. The highest BCUT2D eigenvalue weighted by Crippen LogP contribution is 2.34. The number of benzene rings is 1. The zero-order chi connectivity index (χ0) is 16.2. The Labute approximate surface area is 128 Å². The second-order valence-corrected chi connectivity index (χ2v) is 5.18.